The largest absolute Gasteiger partial charge is 0.304 e. The van der Waals surface area contributed by atoms with Crippen molar-refractivity contribution in [3.05, 3.63) is 71.8 Å². The first-order chi connectivity index (χ1) is 13.2. The van der Waals surface area contributed by atoms with E-state index in [0.29, 0.717) is 9.80 Å². The van der Waals surface area contributed by atoms with Gasteiger partial charge in [-0.25, -0.2) is 0 Å². The van der Waals surface area contributed by atoms with Crippen LogP contribution in [0.15, 0.2) is 60.7 Å². The normalized spacial score (nSPS) is 34.8. The predicted octanol–water partition coefficient (Wildman–Crippen LogP) is 3.02. The van der Waals surface area contributed by atoms with Gasteiger partial charge < -0.3 is 4.90 Å². The van der Waals surface area contributed by atoms with Crippen LogP contribution in [0.1, 0.15) is 29.5 Å². The third kappa shape index (κ3) is 2.92. The van der Waals surface area contributed by atoms with Gasteiger partial charge in [0.05, 0.1) is 7.39 Å². The van der Waals surface area contributed by atoms with Gasteiger partial charge in [0.15, 0.2) is 0 Å². The first-order valence-electron chi connectivity index (χ1n) is 10.9. The van der Waals surface area contributed by atoms with E-state index >= 15 is 0 Å². The topological polar surface area (TPSA) is 6.48 Å². The van der Waals surface area contributed by atoms with Crippen LogP contribution in [0.2, 0.25) is 0 Å². The summed E-state index contributed by atoms with van der Waals surface area (Å²) < 4.78 is 76.7. The summed E-state index contributed by atoms with van der Waals surface area (Å²) in [5.74, 6) is 0. The number of nitrogens with zero attached hydrogens (tertiary/aromatic N) is 2. The Labute approximate surface area is 134 Å². The van der Waals surface area contributed by atoms with Gasteiger partial charge in [-0.15, -0.1) is 0 Å². The molecule has 0 saturated carbocycles. The molecule has 0 amide bonds. The minimum absolute atomic E-state index is 0.190. The van der Waals surface area contributed by atoms with Crippen molar-refractivity contribution < 1.29 is 12.3 Å². The molecule has 0 N–H and O–H groups in total. The Morgan fingerprint density at radius 3 is 1.75 bits per heavy atom. The van der Waals surface area contributed by atoms with Crippen molar-refractivity contribution in [1.82, 2.24) is 9.80 Å². The summed E-state index contributed by atoms with van der Waals surface area (Å²) >= 11 is 0. The van der Waals surface area contributed by atoms with Crippen LogP contribution in [0.25, 0.3) is 0 Å². The minimum Gasteiger partial charge on any atom is -0.304 e. The molecular weight excluding hydrogens is 244 g/mol. The predicted molar refractivity (Wildman–Crippen MR) is 83.8 cm³/mol. The van der Waals surface area contributed by atoms with Crippen molar-refractivity contribution in [2.45, 2.75) is 6.02 Å². The quantitative estimate of drug-likeness (QED) is 0.849. The zero-order valence-corrected chi connectivity index (χ0v) is 11.2. The lowest BCUT2D eigenvalue weighted by molar-refractivity contribution is 0.127. The highest BCUT2D eigenvalue weighted by molar-refractivity contribution is 5.31. The summed E-state index contributed by atoms with van der Waals surface area (Å²) in [6, 6.07) is 13.7. The average molecular weight is 275 g/mol. The molecule has 2 heteroatoms. The molecule has 0 bridgehead atoms. The maximum Gasteiger partial charge on any atom is 0.0602 e. The van der Waals surface area contributed by atoms with Crippen molar-refractivity contribution in [3.63, 3.8) is 0 Å². The van der Waals surface area contributed by atoms with E-state index in [4.69, 9.17) is 11.0 Å². The molecule has 0 atom stereocenters. The smallest absolute Gasteiger partial charge is 0.0602 e. The summed E-state index contributed by atoms with van der Waals surface area (Å²) in [4.78, 5) is 0.810. The molecule has 2 aromatic rings. The number of piperazine rings is 1. The third-order valence-corrected chi connectivity index (χ3v) is 2.98. The zero-order valence-electron chi connectivity index (χ0n) is 20.2. The van der Waals surface area contributed by atoms with E-state index in [9.17, 15) is 1.37 Å². The average Bonchev–Trinajstić information content (AvgIpc) is 2.67. The second-order valence-electron chi connectivity index (χ2n) is 4.42. The molecule has 104 valence electrons. The number of likely N-dealkylation sites (N-methyl/N-ethyl adjacent to an activating group) is 1. The molecule has 2 nitrogen and oxygen atoms in total. The van der Waals surface area contributed by atoms with Crippen LogP contribution in [-0.2, 0) is 0 Å². The second-order valence-corrected chi connectivity index (χ2v) is 4.42. The fraction of sp³-hybridized carbons (Fsp3) is 0.333. The van der Waals surface area contributed by atoms with Gasteiger partial charge in [-0.1, -0.05) is 60.7 Å². The highest BCUT2D eigenvalue weighted by Gasteiger charge is 2.24. The molecule has 0 aromatic heterocycles. The molecular formula is C18H22N2. The summed E-state index contributed by atoms with van der Waals surface area (Å²) in [5.41, 5.74) is 0.380. The van der Waals surface area contributed by atoms with Crippen LogP contribution in [0, 0.1) is 0 Å². The monoisotopic (exact) mass is 275 g/mol. The third-order valence-electron chi connectivity index (χ3n) is 2.98. The van der Waals surface area contributed by atoms with E-state index in [1.807, 2.05) is 0 Å². The molecule has 1 saturated heterocycles. The fourth-order valence-corrected chi connectivity index (χ4v) is 2.03. The first kappa shape index (κ1) is 6.42. The van der Waals surface area contributed by atoms with E-state index in [1.165, 1.54) is 24.3 Å². The van der Waals surface area contributed by atoms with E-state index < -0.39 is 32.0 Å². The highest BCUT2D eigenvalue weighted by atomic mass is 15.3. The maximum atomic E-state index is 9.32. The lowest BCUT2D eigenvalue weighted by atomic mass is 9.96. The summed E-state index contributed by atoms with van der Waals surface area (Å²) in [6.07, 6.45) is 0. The molecule has 0 radical (unpaired) electrons. The minimum atomic E-state index is -3.07. The van der Waals surface area contributed by atoms with Gasteiger partial charge in [-0.2, -0.15) is 0 Å². The molecule has 0 aliphatic carbocycles. The Hall–Kier alpha value is -1.64. The highest BCUT2D eigenvalue weighted by Crippen LogP contribution is 2.29. The molecule has 1 aliphatic rings. The molecule has 1 heterocycles. The number of hydrogen-bond donors (Lipinski definition) is 0. The standard InChI is InChI=1S/C18H22N2/c1-19-12-14-20(15-13-19)18(16-8-4-2-5-9-16)17-10-6-3-7-11-17/h2-11,18H,12-15H2,1H3/i12D2,13D2,14D2,15D2,18D. The summed E-state index contributed by atoms with van der Waals surface area (Å²) in [5, 5.41) is 0. The van der Waals surface area contributed by atoms with Gasteiger partial charge >= 0.3 is 0 Å². The van der Waals surface area contributed by atoms with Crippen LogP contribution in [0.5, 0.6) is 0 Å². The van der Waals surface area contributed by atoms with Crippen LogP contribution in [0.3, 0.4) is 0 Å². The van der Waals surface area contributed by atoms with Crippen molar-refractivity contribution >= 4 is 0 Å². The van der Waals surface area contributed by atoms with Crippen LogP contribution >= 0.6 is 0 Å². The second kappa shape index (κ2) is 6.21. The van der Waals surface area contributed by atoms with Crippen molar-refractivity contribution in [2.24, 2.45) is 0 Å². The maximum absolute atomic E-state index is 9.32. The Morgan fingerprint density at radius 1 is 0.850 bits per heavy atom. The van der Waals surface area contributed by atoms with Gasteiger partial charge in [-0.3, -0.25) is 4.90 Å². The molecule has 2 aromatic carbocycles. The lowest BCUT2D eigenvalue weighted by Crippen LogP contribution is -2.46. The Morgan fingerprint density at radius 2 is 1.30 bits per heavy atom. The van der Waals surface area contributed by atoms with Crippen molar-refractivity contribution in [3.8, 4) is 0 Å². The van der Waals surface area contributed by atoms with Crippen molar-refractivity contribution in [1.29, 1.82) is 0 Å². The zero-order chi connectivity index (χ0) is 21.9. The van der Waals surface area contributed by atoms with Gasteiger partial charge in [0.2, 0.25) is 0 Å². The van der Waals surface area contributed by atoms with E-state index in [0.717, 1.165) is 7.05 Å². The molecule has 1 fully saturated rings. The van der Waals surface area contributed by atoms with E-state index in [1.54, 1.807) is 36.4 Å². The molecule has 0 spiro atoms. The van der Waals surface area contributed by atoms with Gasteiger partial charge in [0, 0.05) is 37.0 Å². The molecule has 20 heavy (non-hydrogen) atoms. The SMILES string of the molecule is [2H]C(c1ccccc1)(c1ccccc1)N1C([2H])([2H])C([2H])([2H])N(C)C([2H])([2H])C1([2H])[2H]. The summed E-state index contributed by atoms with van der Waals surface area (Å²) in [7, 11) is 1.00. The van der Waals surface area contributed by atoms with E-state index in [2.05, 4.69) is 0 Å². The van der Waals surface area contributed by atoms with Crippen LogP contribution < -0.4 is 0 Å². The molecule has 1 aliphatic heterocycles. The van der Waals surface area contributed by atoms with Gasteiger partial charge in [0.1, 0.15) is 0 Å². The van der Waals surface area contributed by atoms with E-state index in [-0.39, 0.29) is 11.1 Å². The number of rotatable bonds is 3. The van der Waals surface area contributed by atoms with Gasteiger partial charge in [-0.05, 0) is 18.2 Å². The lowest BCUT2D eigenvalue weighted by Gasteiger charge is -2.38. The Balaban J connectivity index is 2.40. The Bertz CT molecular complexity index is 804. The number of benzene rings is 2. The van der Waals surface area contributed by atoms with Crippen molar-refractivity contribution in [2.75, 3.05) is 33.0 Å². The fourth-order valence-electron chi connectivity index (χ4n) is 2.03. The Kier molecular flexibility index (Phi) is 1.99. The molecule has 3 rings (SSSR count). The van der Waals surface area contributed by atoms with Crippen LogP contribution in [0.4, 0.5) is 0 Å². The summed E-state index contributed by atoms with van der Waals surface area (Å²) in [6.45, 7) is -12.0. The van der Waals surface area contributed by atoms with Gasteiger partial charge in [0.25, 0.3) is 0 Å². The first-order valence-corrected chi connectivity index (χ1v) is 6.39. The molecule has 0 unspecified atom stereocenters. The number of hydrogen-bond acceptors (Lipinski definition) is 2. The van der Waals surface area contributed by atoms with Crippen LogP contribution in [-0.4, -0.2) is 42.8 Å².